The van der Waals surface area contributed by atoms with E-state index in [0.29, 0.717) is 18.1 Å². The molecule has 0 atom stereocenters. The molecule has 1 aliphatic rings. The molecule has 0 radical (unpaired) electrons. The van der Waals surface area contributed by atoms with Gasteiger partial charge in [-0.15, -0.1) is 0 Å². The van der Waals surface area contributed by atoms with E-state index in [2.05, 4.69) is 6.58 Å². The number of carbonyl (C=O) groups is 1. The average molecular weight is 184 g/mol. The summed E-state index contributed by atoms with van der Waals surface area (Å²) in [5.41, 5.74) is -0.119. The van der Waals surface area contributed by atoms with Gasteiger partial charge in [0.15, 0.2) is 0 Å². The van der Waals surface area contributed by atoms with E-state index in [9.17, 15) is 9.90 Å². The molecule has 0 aliphatic heterocycles. The molecule has 0 spiro atoms. The van der Waals surface area contributed by atoms with E-state index in [1.54, 1.807) is 13.8 Å². The molecule has 13 heavy (non-hydrogen) atoms. The molecule has 0 aromatic heterocycles. The Morgan fingerprint density at radius 3 is 2.62 bits per heavy atom. The zero-order chi connectivity index (χ0) is 10.1. The third-order valence-corrected chi connectivity index (χ3v) is 2.26. The van der Waals surface area contributed by atoms with Crippen LogP contribution in [0.3, 0.4) is 0 Å². The van der Waals surface area contributed by atoms with Crippen LogP contribution in [0.4, 0.5) is 0 Å². The Hall–Kier alpha value is -0.830. The predicted molar refractivity (Wildman–Crippen MR) is 49.1 cm³/mol. The molecular formula is C10H16O3. The highest BCUT2D eigenvalue weighted by molar-refractivity contribution is 5.86. The molecule has 1 rings (SSSR count). The summed E-state index contributed by atoms with van der Waals surface area (Å²) in [6, 6.07) is 0. The number of hydrogen-bond donors (Lipinski definition) is 1. The van der Waals surface area contributed by atoms with Crippen molar-refractivity contribution in [3.05, 3.63) is 12.2 Å². The molecule has 3 nitrogen and oxygen atoms in total. The lowest BCUT2D eigenvalue weighted by molar-refractivity contribution is -0.146. The molecule has 0 aromatic rings. The fourth-order valence-electron chi connectivity index (χ4n) is 1.62. The van der Waals surface area contributed by atoms with Crippen LogP contribution in [0.1, 0.15) is 26.7 Å². The summed E-state index contributed by atoms with van der Waals surface area (Å²) in [5, 5.41) is 9.40. The first-order chi connectivity index (χ1) is 5.91. The Bertz CT molecular complexity index is 222. The van der Waals surface area contributed by atoms with Crippen LogP contribution in [0.15, 0.2) is 12.2 Å². The first kappa shape index (κ1) is 10.3. The maximum atomic E-state index is 11.0. The Morgan fingerprint density at radius 2 is 2.23 bits per heavy atom. The summed E-state index contributed by atoms with van der Waals surface area (Å²) in [6.45, 7) is 7.31. The minimum absolute atomic E-state index is 0.318. The van der Waals surface area contributed by atoms with Crippen LogP contribution in [-0.4, -0.2) is 23.3 Å². The lowest BCUT2D eigenvalue weighted by Gasteiger charge is -2.40. The molecule has 1 N–H and O–H groups in total. The molecule has 74 valence electrons. The quantitative estimate of drug-likeness (QED) is 0.530. The standard InChI is InChI=1S/C10H16O3/c1-7(2)9(11)13-6-8-4-10(3,12)5-8/h8,12H,1,4-6H2,2-3H3. The van der Waals surface area contributed by atoms with Crippen molar-refractivity contribution < 1.29 is 14.6 Å². The molecule has 0 saturated heterocycles. The van der Waals surface area contributed by atoms with E-state index in [4.69, 9.17) is 4.74 Å². The minimum Gasteiger partial charge on any atom is -0.462 e. The molecule has 0 heterocycles. The lowest BCUT2D eigenvalue weighted by Crippen LogP contribution is -2.43. The minimum atomic E-state index is -0.541. The highest BCUT2D eigenvalue weighted by atomic mass is 16.5. The molecule has 1 aliphatic carbocycles. The summed E-state index contributed by atoms with van der Waals surface area (Å²) in [7, 11) is 0. The van der Waals surface area contributed by atoms with E-state index in [-0.39, 0.29) is 5.97 Å². The predicted octanol–water partition coefficient (Wildman–Crippen LogP) is 1.27. The summed E-state index contributed by atoms with van der Waals surface area (Å²) in [5.74, 6) is -0.0233. The van der Waals surface area contributed by atoms with Crippen molar-refractivity contribution in [3.8, 4) is 0 Å². The van der Waals surface area contributed by atoms with Crippen LogP contribution in [0.25, 0.3) is 0 Å². The van der Waals surface area contributed by atoms with Gasteiger partial charge in [-0.2, -0.15) is 0 Å². The molecule has 1 fully saturated rings. The van der Waals surface area contributed by atoms with Gasteiger partial charge in [-0.1, -0.05) is 6.58 Å². The largest absolute Gasteiger partial charge is 0.462 e. The van der Waals surface area contributed by atoms with Gasteiger partial charge in [-0.05, 0) is 32.6 Å². The molecule has 0 unspecified atom stereocenters. The van der Waals surface area contributed by atoms with Crippen LogP contribution in [0, 0.1) is 5.92 Å². The molecule has 3 heteroatoms. The Kier molecular flexibility index (Phi) is 2.76. The van der Waals surface area contributed by atoms with E-state index >= 15 is 0 Å². The second-order valence-corrected chi connectivity index (χ2v) is 4.15. The van der Waals surface area contributed by atoms with E-state index in [1.807, 2.05) is 0 Å². The number of esters is 1. The van der Waals surface area contributed by atoms with Gasteiger partial charge in [0.25, 0.3) is 0 Å². The highest BCUT2D eigenvalue weighted by Gasteiger charge is 2.38. The maximum Gasteiger partial charge on any atom is 0.333 e. The van der Waals surface area contributed by atoms with Crippen LogP contribution in [-0.2, 0) is 9.53 Å². The van der Waals surface area contributed by atoms with Gasteiger partial charge in [-0.3, -0.25) is 0 Å². The zero-order valence-corrected chi connectivity index (χ0v) is 8.17. The van der Waals surface area contributed by atoms with E-state index < -0.39 is 5.60 Å². The van der Waals surface area contributed by atoms with Crippen LogP contribution in [0.5, 0.6) is 0 Å². The number of hydrogen-bond acceptors (Lipinski definition) is 3. The molecule has 0 bridgehead atoms. The van der Waals surface area contributed by atoms with Crippen molar-refractivity contribution in [2.24, 2.45) is 5.92 Å². The van der Waals surface area contributed by atoms with Crippen molar-refractivity contribution in [2.75, 3.05) is 6.61 Å². The fraction of sp³-hybridized carbons (Fsp3) is 0.700. The van der Waals surface area contributed by atoms with Gasteiger partial charge >= 0.3 is 5.97 Å². The third kappa shape index (κ3) is 2.84. The number of aliphatic hydroxyl groups is 1. The van der Waals surface area contributed by atoms with Gasteiger partial charge in [0.1, 0.15) is 0 Å². The van der Waals surface area contributed by atoms with Crippen molar-refractivity contribution >= 4 is 5.97 Å². The van der Waals surface area contributed by atoms with Crippen LogP contribution >= 0.6 is 0 Å². The molecule has 1 saturated carbocycles. The highest BCUT2D eigenvalue weighted by Crippen LogP contribution is 2.37. The second-order valence-electron chi connectivity index (χ2n) is 4.15. The first-order valence-corrected chi connectivity index (χ1v) is 4.46. The summed E-state index contributed by atoms with van der Waals surface area (Å²) < 4.78 is 4.95. The maximum absolute atomic E-state index is 11.0. The summed E-state index contributed by atoms with van der Waals surface area (Å²) in [4.78, 5) is 11.0. The van der Waals surface area contributed by atoms with Gasteiger partial charge in [-0.25, -0.2) is 4.79 Å². The first-order valence-electron chi connectivity index (χ1n) is 4.46. The average Bonchev–Trinajstić information content (AvgIpc) is 1.95. The molecule has 0 amide bonds. The van der Waals surface area contributed by atoms with Gasteiger partial charge in [0, 0.05) is 5.57 Å². The number of ether oxygens (including phenoxy) is 1. The summed E-state index contributed by atoms with van der Waals surface area (Å²) >= 11 is 0. The van der Waals surface area contributed by atoms with Crippen molar-refractivity contribution in [1.29, 1.82) is 0 Å². The Balaban J connectivity index is 2.16. The van der Waals surface area contributed by atoms with Gasteiger partial charge < -0.3 is 9.84 Å². The monoisotopic (exact) mass is 184 g/mol. The van der Waals surface area contributed by atoms with Crippen LogP contribution < -0.4 is 0 Å². The third-order valence-electron chi connectivity index (χ3n) is 2.26. The lowest BCUT2D eigenvalue weighted by atomic mass is 9.73. The summed E-state index contributed by atoms with van der Waals surface area (Å²) in [6.07, 6.45) is 1.44. The molecular weight excluding hydrogens is 168 g/mol. The fourth-order valence-corrected chi connectivity index (χ4v) is 1.62. The van der Waals surface area contributed by atoms with Crippen molar-refractivity contribution in [1.82, 2.24) is 0 Å². The van der Waals surface area contributed by atoms with Gasteiger partial charge in [0.05, 0.1) is 12.2 Å². The van der Waals surface area contributed by atoms with E-state index in [0.717, 1.165) is 12.8 Å². The Labute approximate surface area is 78.4 Å². The number of rotatable bonds is 3. The second kappa shape index (κ2) is 3.50. The smallest absolute Gasteiger partial charge is 0.333 e. The molecule has 0 aromatic carbocycles. The number of carbonyl (C=O) groups excluding carboxylic acids is 1. The van der Waals surface area contributed by atoms with Crippen molar-refractivity contribution in [2.45, 2.75) is 32.3 Å². The van der Waals surface area contributed by atoms with Gasteiger partial charge in [0.2, 0.25) is 0 Å². The van der Waals surface area contributed by atoms with Crippen molar-refractivity contribution in [3.63, 3.8) is 0 Å². The Morgan fingerprint density at radius 1 is 1.69 bits per heavy atom. The SMILES string of the molecule is C=C(C)C(=O)OCC1CC(C)(O)C1. The zero-order valence-electron chi connectivity index (χ0n) is 8.17. The van der Waals surface area contributed by atoms with E-state index in [1.165, 1.54) is 0 Å². The topological polar surface area (TPSA) is 46.5 Å². The normalized spacial score (nSPS) is 32.1. The van der Waals surface area contributed by atoms with Crippen LogP contribution in [0.2, 0.25) is 0 Å².